The molecule has 0 spiro atoms. The van der Waals surface area contributed by atoms with Gasteiger partial charge in [-0.2, -0.15) is 0 Å². The average molecular weight is 251 g/mol. The van der Waals surface area contributed by atoms with Crippen molar-refractivity contribution in [1.29, 1.82) is 5.41 Å². The molecule has 1 heterocycles. The van der Waals surface area contributed by atoms with Crippen molar-refractivity contribution >= 4 is 11.7 Å². The molecule has 0 radical (unpaired) electrons. The first-order valence-corrected chi connectivity index (χ1v) is 5.76. The fourth-order valence-electron chi connectivity index (χ4n) is 2.20. The van der Waals surface area contributed by atoms with Crippen LogP contribution in [-0.2, 0) is 0 Å². The van der Waals surface area contributed by atoms with Gasteiger partial charge in [-0.3, -0.25) is 5.41 Å². The molecule has 1 aliphatic carbocycles. The lowest BCUT2D eigenvalue weighted by Gasteiger charge is -2.43. The van der Waals surface area contributed by atoms with Crippen LogP contribution in [0.4, 0.5) is 5.82 Å². The summed E-state index contributed by atoms with van der Waals surface area (Å²) in [6.07, 6.45) is 4.08. The van der Waals surface area contributed by atoms with Crippen LogP contribution >= 0.6 is 0 Å². The normalized spacial score (nSPS) is 26.4. The van der Waals surface area contributed by atoms with Gasteiger partial charge >= 0.3 is 0 Å². The van der Waals surface area contributed by atoms with Gasteiger partial charge < -0.3 is 21.3 Å². The molecule has 1 aliphatic rings. The van der Waals surface area contributed by atoms with Crippen LogP contribution in [0.25, 0.3) is 0 Å². The van der Waals surface area contributed by atoms with Gasteiger partial charge in [-0.15, -0.1) is 0 Å². The van der Waals surface area contributed by atoms with Crippen molar-refractivity contribution in [2.75, 3.05) is 18.5 Å². The number of aromatic nitrogens is 2. The fourth-order valence-corrected chi connectivity index (χ4v) is 2.20. The molecule has 0 amide bonds. The summed E-state index contributed by atoms with van der Waals surface area (Å²) in [7, 11) is 0. The Morgan fingerprint density at radius 2 is 2.17 bits per heavy atom. The number of aliphatic hydroxyl groups is 2. The molecule has 1 aromatic rings. The highest BCUT2D eigenvalue weighted by molar-refractivity contribution is 5.97. The second-order valence-corrected chi connectivity index (χ2v) is 4.70. The lowest BCUT2D eigenvalue weighted by atomic mass is 9.71. The lowest BCUT2D eigenvalue weighted by Crippen LogP contribution is -2.50. The van der Waals surface area contributed by atoms with E-state index < -0.39 is 5.60 Å². The quantitative estimate of drug-likeness (QED) is 0.348. The number of hydrogen-bond acceptors (Lipinski definition) is 6. The van der Waals surface area contributed by atoms with E-state index in [0.717, 1.165) is 0 Å². The van der Waals surface area contributed by atoms with Gasteiger partial charge in [0.05, 0.1) is 5.60 Å². The number of nitrogens with two attached hydrogens (primary N) is 1. The number of rotatable bonds is 5. The summed E-state index contributed by atoms with van der Waals surface area (Å²) in [6, 6.07) is 0. The Morgan fingerprint density at radius 3 is 2.78 bits per heavy atom. The second-order valence-electron chi connectivity index (χ2n) is 4.70. The second kappa shape index (κ2) is 4.87. The van der Waals surface area contributed by atoms with Crippen molar-refractivity contribution in [3.8, 4) is 0 Å². The molecule has 0 bridgehead atoms. The highest BCUT2D eigenvalue weighted by Crippen LogP contribution is 2.37. The average Bonchev–Trinajstić information content (AvgIpc) is 2.33. The van der Waals surface area contributed by atoms with Crippen LogP contribution in [0.1, 0.15) is 18.5 Å². The number of nitrogens with zero attached hydrogens (tertiary/aromatic N) is 2. The van der Waals surface area contributed by atoms with Gasteiger partial charge in [0.25, 0.3) is 0 Å². The first-order valence-electron chi connectivity index (χ1n) is 5.76. The zero-order chi connectivity index (χ0) is 13.2. The van der Waals surface area contributed by atoms with Crippen molar-refractivity contribution in [1.82, 2.24) is 9.97 Å². The molecule has 0 aliphatic heterocycles. The van der Waals surface area contributed by atoms with Crippen LogP contribution in [0.5, 0.6) is 0 Å². The van der Waals surface area contributed by atoms with Gasteiger partial charge in [0.1, 0.15) is 11.5 Å². The van der Waals surface area contributed by atoms with Gasteiger partial charge in [0.15, 0.2) is 5.82 Å². The molecule has 1 fully saturated rings. The predicted octanol–water partition coefficient (Wildman–Crippen LogP) is -0.694. The molecular formula is C11H17N5O2. The molecule has 98 valence electrons. The Hall–Kier alpha value is -1.73. The minimum Gasteiger partial charge on any atom is -0.396 e. The monoisotopic (exact) mass is 251 g/mol. The van der Waals surface area contributed by atoms with Crippen LogP contribution < -0.4 is 11.1 Å². The molecule has 7 nitrogen and oxygen atoms in total. The molecule has 0 aromatic carbocycles. The highest BCUT2D eigenvalue weighted by atomic mass is 16.3. The third-order valence-corrected chi connectivity index (χ3v) is 3.13. The molecule has 0 unspecified atom stereocenters. The summed E-state index contributed by atoms with van der Waals surface area (Å²) in [4.78, 5) is 8.00. The Bertz CT molecular complexity index is 445. The number of nitrogens with one attached hydrogen (secondary N) is 2. The maximum atomic E-state index is 10.1. The van der Waals surface area contributed by atoms with E-state index in [1.807, 2.05) is 0 Å². The third kappa shape index (κ3) is 2.57. The standard InChI is InChI=1S/C11H17N5O2/c12-9(13)8-10(15-2-1-14-8)16-6-11(18)3-7(4-11)5-17/h1-2,7,17-18H,3-6H2,(H3,12,13)(H,15,16). The van der Waals surface area contributed by atoms with Gasteiger partial charge in [0, 0.05) is 25.5 Å². The lowest BCUT2D eigenvalue weighted by molar-refractivity contribution is -0.0764. The summed E-state index contributed by atoms with van der Waals surface area (Å²) in [5.74, 6) is 0.399. The Balaban J connectivity index is 1.97. The summed E-state index contributed by atoms with van der Waals surface area (Å²) in [5.41, 5.74) is 4.85. The molecule has 0 saturated heterocycles. The van der Waals surface area contributed by atoms with Crippen LogP contribution in [0.2, 0.25) is 0 Å². The Kier molecular flexibility index (Phi) is 3.44. The van der Waals surface area contributed by atoms with E-state index in [1.165, 1.54) is 12.4 Å². The maximum absolute atomic E-state index is 10.1. The number of aliphatic hydroxyl groups excluding tert-OH is 1. The summed E-state index contributed by atoms with van der Waals surface area (Å²) >= 11 is 0. The van der Waals surface area contributed by atoms with E-state index >= 15 is 0 Å². The van der Waals surface area contributed by atoms with Crippen LogP contribution in [0.3, 0.4) is 0 Å². The van der Waals surface area contributed by atoms with Gasteiger partial charge in [-0.1, -0.05) is 0 Å². The minimum absolute atomic E-state index is 0.103. The van der Waals surface area contributed by atoms with E-state index in [-0.39, 0.29) is 24.1 Å². The summed E-state index contributed by atoms with van der Waals surface area (Å²) < 4.78 is 0. The van der Waals surface area contributed by atoms with E-state index in [1.54, 1.807) is 0 Å². The summed E-state index contributed by atoms with van der Waals surface area (Å²) in [5, 5.41) is 29.3. The minimum atomic E-state index is -0.820. The van der Waals surface area contributed by atoms with E-state index in [0.29, 0.717) is 25.2 Å². The molecule has 18 heavy (non-hydrogen) atoms. The number of amidine groups is 1. The zero-order valence-corrected chi connectivity index (χ0v) is 9.93. The molecule has 2 rings (SSSR count). The van der Waals surface area contributed by atoms with Crippen molar-refractivity contribution in [3.63, 3.8) is 0 Å². The molecule has 0 atom stereocenters. The number of anilines is 1. The van der Waals surface area contributed by atoms with Crippen molar-refractivity contribution in [3.05, 3.63) is 18.1 Å². The predicted molar refractivity (Wildman–Crippen MR) is 66.3 cm³/mol. The summed E-state index contributed by atoms with van der Waals surface area (Å²) in [6.45, 7) is 0.411. The number of hydrogen-bond donors (Lipinski definition) is 5. The van der Waals surface area contributed by atoms with Gasteiger partial charge in [-0.05, 0) is 18.8 Å². The van der Waals surface area contributed by atoms with Crippen molar-refractivity contribution < 1.29 is 10.2 Å². The topological polar surface area (TPSA) is 128 Å². The van der Waals surface area contributed by atoms with Gasteiger partial charge in [0.2, 0.25) is 0 Å². The molecule has 1 saturated carbocycles. The van der Waals surface area contributed by atoms with Crippen molar-refractivity contribution in [2.24, 2.45) is 11.7 Å². The molecular weight excluding hydrogens is 234 g/mol. The first-order chi connectivity index (χ1) is 8.54. The fraction of sp³-hybridized carbons (Fsp3) is 0.545. The molecule has 7 heteroatoms. The third-order valence-electron chi connectivity index (χ3n) is 3.13. The van der Waals surface area contributed by atoms with Crippen LogP contribution in [-0.4, -0.2) is 44.8 Å². The Morgan fingerprint density at radius 1 is 1.50 bits per heavy atom. The van der Waals surface area contributed by atoms with Crippen LogP contribution in [0.15, 0.2) is 12.4 Å². The number of nitrogen functional groups attached to an aromatic ring is 1. The Labute approximate surface area is 105 Å². The largest absolute Gasteiger partial charge is 0.396 e. The SMILES string of the molecule is N=C(N)c1nccnc1NCC1(O)CC(CO)C1. The zero-order valence-electron chi connectivity index (χ0n) is 9.93. The van der Waals surface area contributed by atoms with Gasteiger partial charge in [-0.25, -0.2) is 9.97 Å². The molecule has 6 N–H and O–H groups in total. The molecule has 1 aromatic heterocycles. The van der Waals surface area contributed by atoms with E-state index in [9.17, 15) is 5.11 Å². The highest BCUT2D eigenvalue weighted by Gasteiger charge is 2.42. The van der Waals surface area contributed by atoms with Crippen molar-refractivity contribution in [2.45, 2.75) is 18.4 Å². The first kappa shape index (κ1) is 12.7. The maximum Gasteiger partial charge on any atom is 0.155 e. The van der Waals surface area contributed by atoms with E-state index in [2.05, 4.69) is 15.3 Å². The van der Waals surface area contributed by atoms with E-state index in [4.69, 9.17) is 16.2 Å². The smallest absolute Gasteiger partial charge is 0.155 e. The van der Waals surface area contributed by atoms with Crippen LogP contribution in [0, 0.1) is 11.3 Å².